The molecule has 4 nitrogen and oxygen atoms in total. The molecule has 1 aliphatic heterocycles. The van der Waals surface area contributed by atoms with E-state index in [0.29, 0.717) is 11.8 Å². The zero-order chi connectivity index (χ0) is 17.6. The van der Waals surface area contributed by atoms with Gasteiger partial charge in [0.15, 0.2) is 0 Å². The SMILES string of the molecule is Cc1oc(C(=O)O)cc1CN1CCCCCC1/C=C\c1ccccc1. The number of hydrogen-bond donors (Lipinski definition) is 1. The Labute approximate surface area is 148 Å². The molecule has 1 fully saturated rings. The van der Waals surface area contributed by atoms with Crippen LogP contribution in [-0.2, 0) is 6.54 Å². The molecule has 132 valence electrons. The number of nitrogens with zero attached hydrogens (tertiary/aromatic N) is 1. The van der Waals surface area contributed by atoms with Gasteiger partial charge in [-0.25, -0.2) is 4.79 Å². The van der Waals surface area contributed by atoms with Gasteiger partial charge in [-0.1, -0.05) is 55.3 Å². The second-order valence-corrected chi connectivity index (χ2v) is 6.65. The van der Waals surface area contributed by atoms with Gasteiger partial charge >= 0.3 is 5.97 Å². The van der Waals surface area contributed by atoms with Crippen molar-refractivity contribution in [2.45, 2.75) is 45.2 Å². The van der Waals surface area contributed by atoms with Crippen molar-refractivity contribution in [1.82, 2.24) is 4.90 Å². The van der Waals surface area contributed by atoms with E-state index in [9.17, 15) is 4.79 Å². The number of likely N-dealkylation sites (tertiary alicyclic amines) is 1. The van der Waals surface area contributed by atoms with Gasteiger partial charge in [0.2, 0.25) is 5.76 Å². The highest BCUT2D eigenvalue weighted by atomic mass is 16.4. The van der Waals surface area contributed by atoms with E-state index in [1.807, 2.05) is 25.1 Å². The maximum Gasteiger partial charge on any atom is 0.371 e. The maximum absolute atomic E-state index is 11.1. The summed E-state index contributed by atoms with van der Waals surface area (Å²) in [6.07, 6.45) is 9.26. The molecule has 25 heavy (non-hydrogen) atoms. The molecule has 1 atom stereocenters. The Balaban J connectivity index is 1.76. The van der Waals surface area contributed by atoms with E-state index < -0.39 is 5.97 Å². The van der Waals surface area contributed by atoms with Crippen molar-refractivity contribution in [3.05, 3.63) is 65.1 Å². The van der Waals surface area contributed by atoms with Crippen LogP contribution in [0.4, 0.5) is 0 Å². The molecule has 2 aromatic rings. The Hall–Kier alpha value is -2.33. The lowest BCUT2D eigenvalue weighted by atomic mass is 10.1. The molecule has 0 amide bonds. The lowest BCUT2D eigenvalue weighted by Crippen LogP contribution is -2.33. The fourth-order valence-corrected chi connectivity index (χ4v) is 3.40. The zero-order valence-corrected chi connectivity index (χ0v) is 14.6. The molecular weight excluding hydrogens is 314 g/mol. The molecule has 0 saturated carbocycles. The van der Waals surface area contributed by atoms with Crippen LogP contribution < -0.4 is 0 Å². The molecule has 0 bridgehead atoms. The Morgan fingerprint density at radius 1 is 1.28 bits per heavy atom. The first-order valence-corrected chi connectivity index (χ1v) is 8.93. The van der Waals surface area contributed by atoms with Crippen molar-refractivity contribution in [3.8, 4) is 0 Å². The van der Waals surface area contributed by atoms with Gasteiger partial charge in [0, 0.05) is 18.2 Å². The van der Waals surface area contributed by atoms with Gasteiger partial charge in [-0.05, 0) is 37.9 Å². The summed E-state index contributed by atoms with van der Waals surface area (Å²) in [6.45, 7) is 3.59. The lowest BCUT2D eigenvalue weighted by molar-refractivity contribution is 0.0661. The van der Waals surface area contributed by atoms with Crippen LogP contribution in [0.1, 0.15) is 53.1 Å². The molecule has 1 unspecified atom stereocenters. The van der Waals surface area contributed by atoms with Gasteiger partial charge in [-0.3, -0.25) is 4.90 Å². The summed E-state index contributed by atoms with van der Waals surface area (Å²) in [5, 5.41) is 9.12. The Kier molecular flexibility index (Phi) is 5.71. The van der Waals surface area contributed by atoms with Crippen LogP contribution in [0.15, 0.2) is 46.9 Å². The first-order chi connectivity index (χ1) is 12.1. The van der Waals surface area contributed by atoms with Crippen molar-refractivity contribution in [2.75, 3.05) is 6.54 Å². The van der Waals surface area contributed by atoms with Crippen LogP contribution in [0.5, 0.6) is 0 Å². The average molecular weight is 339 g/mol. The number of aryl methyl sites for hydroxylation is 1. The highest BCUT2D eigenvalue weighted by Gasteiger charge is 2.22. The third kappa shape index (κ3) is 4.60. The molecule has 0 aliphatic carbocycles. The second kappa shape index (κ2) is 8.17. The van der Waals surface area contributed by atoms with Crippen molar-refractivity contribution >= 4 is 12.0 Å². The predicted molar refractivity (Wildman–Crippen MR) is 98.5 cm³/mol. The van der Waals surface area contributed by atoms with Crippen LogP contribution in [0.3, 0.4) is 0 Å². The summed E-state index contributed by atoms with van der Waals surface area (Å²) >= 11 is 0. The van der Waals surface area contributed by atoms with Gasteiger partial charge in [0.05, 0.1) is 0 Å². The van der Waals surface area contributed by atoms with Gasteiger partial charge in [0.1, 0.15) is 5.76 Å². The minimum atomic E-state index is -1.01. The van der Waals surface area contributed by atoms with Crippen molar-refractivity contribution < 1.29 is 14.3 Å². The van der Waals surface area contributed by atoms with E-state index in [4.69, 9.17) is 9.52 Å². The van der Waals surface area contributed by atoms with Crippen LogP contribution >= 0.6 is 0 Å². The number of carbonyl (C=O) groups is 1. The molecule has 1 saturated heterocycles. The number of hydrogen-bond acceptors (Lipinski definition) is 3. The third-order valence-electron chi connectivity index (χ3n) is 4.83. The minimum absolute atomic E-state index is 0.0266. The van der Waals surface area contributed by atoms with Crippen molar-refractivity contribution in [2.24, 2.45) is 0 Å². The van der Waals surface area contributed by atoms with Crippen LogP contribution in [0, 0.1) is 6.92 Å². The smallest absolute Gasteiger partial charge is 0.371 e. The topological polar surface area (TPSA) is 53.7 Å². The largest absolute Gasteiger partial charge is 0.475 e. The first kappa shape index (κ1) is 17.5. The van der Waals surface area contributed by atoms with Gasteiger partial charge in [0.25, 0.3) is 0 Å². The number of rotatable bonds is 5. The van der Waals surface area contributed by atoms with Gasteiger partial charge < -0.3 is 9.52 Å². The van der Waals surface area contributed by atoms with E-state index in [1.165, 1.54) is 24.8 Å². The Morgan fingerprint density at radius 2 is 2.08 bits per heavy atom. The molecular formula is C21H25NO3. The average Bonchev–Trinajstić information content (AvgIpc) is 2.84. The molecule has 3 rings (SSSR count). The molecule has 2 heterocycles. The van der Waals surface area contributed by atoms with Crippen LogP contribution in [-0.4, -0.2) is 28.6 Å². The number of benzene rings is 1. The summed E-state index contributed by atoms with van der Waals surface area (Å²) in [5.41, 5.74) is 2.18. The molecule has 1 aliphatic rings. The lowest BCUT2D eigenvalue weighted by Gasteiger charge is -2.27. The summed E-state index contributed by atoms with van der Waals surface area (Å²) in [6, 6.07) is 12.4. The molecule has 4 heteroatoms. The van der Waals surface area contributed by atoms with E-state index in [2.05, 4.69) is 29.2 Å². The van der Waals surface area contributed by atoms with Crippen molar-refractivity contribution in [3.63, 3.8) is 0 Å². The third-order valence-corrected chi connectivity index (χ3v) is 4.83. The highest BCUT2D eigenvalue weighted by molar-refractivity contribution is 5.84. The van der Waals surface area contributed by atoms with Crippen molar-refractivity contribution in [1.29, 1.82) is 0 Å². The number of furan rings is 1. The summed E-state index contributed by atoms with van der Waals surface area (Å²) < 4.78 is 5.37. The molecule has 0 spiro atoms. The Bertz CT molecular complexity index is 733. The quantitative estimate of drug-likeness (QED) is 0.854. The second-order valence-electron chi connectivity index (χ2n) is 6.65. The molecule has 0 radical (unpaired) electrons. The summed E-state index contributed by atoms with van der Waals surface area (Å²) in [4.78, 5) is 13.6. The molecule has 1 aromatic heterocycles. The Morgan fingerprint density at radius 3 is 2.80 bits per heavy atom. The monoisotopic (exact) mass is 339 g/mol. The molecule has 1 N–H and O–H groups in total. The fraction of sp³-hybridized carbons (Fsp3) is 0.381. The fourth-order valence-electron chi connectivity index (χ4n) is 3.40. The summed E-state index contributed by atoms with van der Waals surface area (Å²) in [7, 11) is 0. The van der Waals surface area contributed by atoms with E-state index in [0.717, 1.165) is 25.1 Å². The number of aromatic carboxylic acids is 1. The standard InChI is InChI=1S/C21H25NO3/c1-16-18(14-20(25-16)21(23)24)15-22-13-7-3-6-10-19(22)12-11-17-8-4-2-5-9-17/h2,4-5,8-9,11-12,14,19H,3,6-7,10,13,15H2,1H3,(H,23,24)/b12-11-. The van der Waals surface area contributed by atoms with E-state index in [-0.39, 0.29) is 5.76 Å². The predicted octanol–water partition coefficient (Wildman–Crippen LogP) is 4.74. The number of carboxylic acid groups (broad SMARTS) is 1. The van der Waals surface area contributed by atoms with Gasteiger partial charge in [-0.2, -0.15) is 0 Å². The highest BCUT2D eigenvalue weighted by Crippen LogP contribution is 2.24. The van der Waals surface area contributed by atoms with E-state index in [1.54, 1.807) is 6.07 Å². The van der Waals surface area contributed by atoms with Crippen LogP contribution in [0.2, 0.25) is 0 Å². The van der Waals surface area contributed by atoms with E-state index >= 15 is 0 Å². The van der Waals surface area contributed by atoms with Gasteiger partial charge in [-0.15, -0.1) is 0 Å². The number of carboxylic acids is 1. The normalized spacial score (nSPS) is 19.2. The molecule has 1 aromatic carbocycles. The minimum Gasteiger partial charge on any atom is -0.475 e. The summed E-state index contributed by atoms with van der Waals surface area (Å²) in [5.74, 6) is -0.281. The first-order valence-electron chi connectivity index (χ1n) is 8.93. The maximum atomic E-state index is 11.1. The van der Waals surface area contributed by atoms with Crippen LogP contribution in [0.25, 0.3) is 6.08 Å². The zero-order valence-electron chi connectivity index (χ0n) is 14.6.